The molecule has 1 heterocycles. The number of benzene rings is 2. The van der Waals surface area contributed by atoms with Crippen LogP contribution >= 0.6 is 11.6 Å². The molecule has 0 atom stereocenters. The first-order valence-corrected chi connectivity index (χ1v) is 7.96. The number of hydrogen-bond donors (Lipinski definition) is 1. The third-order valence-corrected chi connectivity index (χ3v) is 4.37. The Labute approximate surface area is 154 Å². The van der Waals surface area contributed by atoms with Crippen molar-refractivity contribution in [2.75, 3.05) is 19.5 Å². The summed E-state index contributed by atoms with van der Waals surface area (Å²) < 4.78 is 9.37. The number of rotatable bonds is 3. The van der Waals surface area contributed by atoms with Crippen molar-refractivity contribution < 1.29 is 23.9 Å². The van der Waals surface area contributed by atoms with Crippen molar-refractivity contribution in [3.05, 3.63) is 64.7 Å². The molecule has 26 heavy (non-hydrogen) atoms. The van der Waals surface area contributed by atoms with Crippen LogP contribution in [0, 0.1) is 0 Å². The van der Waals surface area contributed by atoms with E-state index in [9.17, 15) is 14.4 Å². The Hall–Kier alpha value is -3.12. The number of carbonyl (C=O) groups is 3. The number of ether oxygens (including phenoxy) is 2. The summed E-state index contributed by atoms with van der Waals surface area (Å²) >= 11 is 6.45. The minimum Gasteiger partial charge on any atom is -0.465 e. The van der Waals surface area contributed by atoms with Gasteiger partial charge in [-0.05, 0) is 35.9 Å². The van der Waals surface area contributed by atoms with Gasteiger partial charge in [0.05, 0.1) is 36.0 Å². The van der Waals surface area contributed by atoms with Gasteiger partial charge in [0.25, 0.3) is 5.91 Å². The van der Waals surface area contributed by atoms with E-state index in [0.29, 0.717) is 27.9 Å². The topological polar surface area (TPSA) is 81.7 Å². The molecule has 0 saturated heterocycles. The Balaban J connectivity index is 2.07. The molecule has 0 saturated carbocycles. The van der Waals surface area contributed by atoms with Crippen LogP contribution in [0.2, 0.25) is 0 Å². The molecule has 0 unspecified atom stereocenters. The number of amides is 1. The fraction of sp³-hybridized carbons (Fsp3) is 0.105. The summed E-state index contributed by atoms with van der Waals surface area (Å²) in [4.78, 5) is 35.6. The maximum absolute atomic E-state index is 12.4. The normalized spacial score (nSPS) is 14.3. The van der Waals surface area contributed by atoms with E-state index in [1.54, 1.807) is 42.5 Å². The highest BCUT2D eigenvalue weighted by Gasteiger charge is 2.28. The van der Waals surface area contributed by atoms with E-state index in [0.717, 1.165) is 0 Å². The summed E-state index contributed by atoms with van der Waals surface area (Å²) in [7, 11) is 2.58. The zero-order valence-electron chi connectivity index (χ0n) is 14.0. The Morgan fingerprint density at radius 2 is 1.42 bits per heavy atom. The molecule has 0 spiro atoms. The first-order chi connectivity index (χ1) is 12.5. The smallest absolute Gasteiger partial charge is 0.337 e. The number of hydrogen-bond acceptors (Lipinski definition) is 5. The number of carbonyl (C=O) groups excluding carboxylic acids is 3. The monoisotopic (exact) mass is 371 g/mol. The highest BCUT2D eigenvalue weighted by Crippen LogP contribution is 2.39. The van der Waals surface area contributed by atoms with Crippen molar-refractivity contribution >= 4 is 45.7 Å². The number of anilines is 1. The van der Waals surface area contributed by atoms with Crippen molar-refractivity contribution in [1.82, 2.24) is 0 Å². The molecular formula is C19H14ClNO5. The van der Waals surface area contributed by atoms with Gasteiger partial charge in [-0.1, -0.05) is 23.7 Å². The number of halogens is 1. The minimum atomic E-state index is -0.509. The van der Waals surface area contributed by atoms with Gasteiger partial charge < -0.3 is 14.8 Å². The number of esters is 2. The lowest BCUT2D eigenvalue weighted by molar-refractivity contribution is -0.110. The van der Waals surface area contributed by atoms with E-state index in [-0.39, 0.29) is 16.5 Å². The second-order valence-corrected chi connectivity index (χ2v) is 5.84. The second-order valence-electron chi connectivity index (χ2n) is 5.46. The van der Waals surface area contributed by atoms with E-state index < -0.39 is 11.9 Å². The molecule has 6 nitrogen and oxygen atoms in total. The molecule has 3 rings (SSSR count). The van der Waals surface area contributed by atoms with Crippen LogP contribution in [0.1, 0.15) is 31.8 Å². The lowest BCUT2D eigenvalue weighted by Crippen LogP contribution is -2.05. The average molecular weight is 372 g/mol. The maximum Gasteiger partial charge on any atom is 0.337 e. The third kappa shape index (κ3) is 3.07. The number of fused-ring (bicyclic) bond motifs is 1. The van der Waals surface area contributed by atoms with Crippen LogP contribution in [0.4, 0.5) is 5.69 Å². The SMILES string of the molecule is COC(=O)c1ccc(/C(Cl)=C2/C(=O)Nc3ccc(C(=O)OC)cc32)cc1. The zero-order valence-corrected chi connectivity index (χ0v) is 14.7. The van der Waals surface area contributed by atoms with Crippen LogP contribution in [0.15, 0.2) is 42.5 Å². The molecule has 0 fully saturated rings. The third-order valence-electron chi connectivity index (χ3n) is 3.96. The molecule has 1 N–H and O–H groups in total. The Morgan fingerprint density at radius 1 is 0.885 bits per heavy atom. The van der Waals surface area contributed by atoms with Crippen LogP contribution in [0.3, 0.4) is 0 Å². The van der Waals surface area contributed by atoms with Gasteiger partial charge in [-0.2, -0.15) is 0 Å². The van der Waals surface area contributed by atoms with E-state index in [2.05, 4.69) is 10.1 Å². The van der Waals surface area contributed by atoms with Gasteiger partial charge in [-0.25, -0.2) is 9.59 Å². The van der Waals surface area contributed by atoms with Gasteiger partial charge >= 0.3 is 11.9 Å². The summed E-state index contributed by atoms with van der Waals surface area (Å²) in [5.74, 6) is -1.35. The zero-order chi connectivity index (χ0) is 18.8. The molecule has 0 bridgehead atoms. The first-order valence-electron chi connectivity index (χ1n) is 7.59. The van der Waals surface area contributed by atoms with Crippen molar-refractivity contribution in [3.63, 3.8) is 0 Å². The van der Waals surface area contributed by atoms with E-state index in [4.69, 9.17) is 16.3 Å². The van der Waals surface area contributed by atoms with Crippen LogP contribution in [0.25, 0.3) is 10.6 Å². The molecule has 7 heteroatoms. The molecule has 0 aromatic heterocycles. The average Bonchev–Trinajstić information content (AvgIpc) is 3.01. The fourth-order valence-electron chi connectivity index (χ4n) is 2.64. The standard InChI is InChI=1S/C19H14ClNO5/c1-25-18(23)11-5-3-10(4-6-11)16(20)15-13-9-12(19(24)26-2)7-8-14(13)21-17(15)22/h3-9H,1-2H3,(H,21,22)/b16-15-. The Kier molecular flexibility index (Phi) is 4.77. The van der Waals surface area contributed by atoms with E-state index >= 15 is 0 Å². The van der Waals surface area contributed by atoms with Gasteiger partial charge in [-0.3, -0.25) is 4.79 Å². The molecule has 132 valence electrons. The second kappa shape index (κ2) is 7.01. The van der Waals surface area contributed by atoms with Crippen molar-refractivity contribution in [2.45, 2.75) is 0 Å². The molecule has 1 amide bonds. The van der Waals surface area contributed by atoms with Crippen molar-refractivity contribution in [1.29, 1.82) is 0 Å². The van der Waals surface area contributed by atoms with Crippen LogP contribution in [-0.2, 0) is 14.3 Å². The largest absolute Gasteiger partial charge is 0.465 e. The lowest BCUT2D eigenvalue weighted by atomic mass is 10.0. The van der Waals surface area contributed by atoms with Crippen LogP contribution in [-0.4, -0.2) is 32.1 Å². The van der Waals surface area contributed by atoms with E-state index in [1.807, 2.05) is 0 Å². The van der Waals surface area contributed by atoms with Gasteiger partial charge in [0, 0.05) is 11.3 Å². The van der Waals surface area contributed by atoms with Crippen LogP contribution in [0.5, 0.6) is 0 Å². The Morgan fingerprint density at radius 3 is 2.04 bits per heavy atom. The highest BCUT2D eigenvalue weighted by molar-refractivity contribution is 6.59. The van der Waals surface area contributed by atoms with Gasteiger partial charge in [0.2, 0.25) is 0 Å². The minimum absolute atomic E-state index is 0.208. The molecule has 0 aliphatic carbocycles. The summed E-state index contributed by atoms with van der Waals surface area (Å²) in [5.41, 5.74) is 2.56. The molecular weight excluding hydrogens is 358 g/mol. The lowest BCUT2D eigenvalue weighted by Gasteiger charge is -2.06. The Bertz CT molecular complexity index is 947. The van der Waals surface area contributed by atoms with E-state index in [1.165, 1.54) is 14.2 Å². The molecule has 1 aliphatic heterocycles. The quantitative estimate of drug-likeness (QED) is 0.661. The number of methoxy groups -OCH3 is 2. The summed E-state index contributed by atoms with van der Waals surface area (Å²) in [5, 5.41) is 2.92. The molecule has 2 aromatic carbocycles. The number of nitrogens with one attached hydrogen (secondary N) is 1. The maximum atomic E-state index is 12.4. The van der Waals surface area contributed by atoms with Gasteiger partial charge in [-0.15, -0.1) is 0 Å². The summed E-state index contributed by atoms with van der Waals surface area (Å²) in [6.07, 6.45) is 0. The van der Waals surface area contributed by atoms with Crippen LogP contribution < -0.4 is 5.32 Å². The predicted molar refractivity (Wildman–Crippen MR) is 96.9 cm³/mol. The van der Waals surface area contributed by atoms with Crippen molar-refractivity contribution in [2.24, 2.45) is 0 Å². The molecule has 1 aliphatic rings. The van der Waals surface area contributed by atoms with Crippen molar-refractivity contribution in [3.8, 4) is 0 Å². The summed E-state index contributed by atoms with van der Waals surface area (Å²) in [6.45, 7) is 0. The predicted octanol–water partition coefficient (Wildman–Crippen LogP) is 3.32. The fourth-order valence-corrected chi connectivity index (χ4v) is 2.96. The summed E-state index contributed by atoms with van der Waals surface area (Å²) in [6, 6.07) is 11.1. The van der Waals surface area contributed by atoms with Gasteiger partial charge in [0.1, 0.15) is 0 Å². The highest BCUT2D eigenvalue weighted by atomic mass is 35.5. The molecule has 2 aromatic rings. The first kappa shape index (κ1) is 17.7. The van der Waals surface area contributed by atoms with Gasteiger partial charge in [0.15, 0.2) is 0 Å². The molecule has 0 radical (unpaired) electrons.